The van der Waals surface area contributed by atoms with E-state index in [-0.39, 0.29) is 11.9 Å². The minimum Gasteiger partial charge on any atom is -0.381 e. The molecule has 0 aromatic heterocycles. The van der Waals surface area contributed by atoms with Gasteiger partial charge in [0.05, 0.1) is 6.04 Å². The molecule has 0 saturated heterocycles. The first-order valence-electron chi connectivity index (χ1n) is 5.40. The van der Waals surface area contributed by atoms with Crippen LogP contribution in [-0.2, 0) is 4.79 Å². The van der Waals surface area contributed by atoms with Crippen molar-refractivity contribution in [1.82, 2.24) is 5.32 Å². The van der Waals surface area contributed by atoms with Crippen LogP contribution >= 0.6 is 0 Å². The lowest BCUT2D eigenvalue weighted by Gasteiger charge is -2.21. The van der Waals surface area contributed by atoms with E-state index in [2.05, 4.69) is 5.32 Å². The third kappa shape index (κ3) is 3.35. The topological polar surface area (TPSA) is 49.3 Å². The fraction of sp³-hybridized carbons (Fsp3) is 0.462. The summed E-state index contributed by atoms with van der Waals surface area (Å²) in [6.45, 7) is 6.87. The van der Waals surface area contributed by atoms with Crippen LogP contribution in [0.4, 0.5) is 0 Å². The molecule has 16 heavy (non-hydrogen) atoms. The molecule has 3 nitrogen and oxygen atoms in total. The molecule has 1 atom stereocenters. The first-order valence-corrected chi connectivity index (χ1v) is 5.40. The Labute approximate surface area is 96.5 Å². The van der Waals surface area contributed by atoms with Gasteiger partial charge < -0.3 is 10.4 Å². The van der Waals surface area contributed by atoms with Gasteiger partial charge in [-0.1, -0.05) is 29.8 Å². The van der Waals surface area contributed by atoms with Crippen molar-refractivity contribution in [2.75, 3.05) is 0 Å². The molecule has 1 aromatic rings. The van der Waals surface area contributed by atoms with Crippen LogP contribution in [0.2, 0.25) is 0 Å². The molecule has 0 radical (unpaired) electrons. The van der Waals surface area contributed by atoms with Gasteiger partial charge in [-0.25, -0.2) is 0 Å². The monoisotopic (exact) mass is 221 g/mol. The Hall–Kier alpha value is -1.35. The molecule has 0 aliphatic carbocycles. The normalized spacial score (nSPS) is 13.3. The summed E-state index contributed by atoms with van der Waals surface area (Å²) in [5.74, 6) is -0.361. The fourth-order valence-electron chi connectivity index (χ4n) is 1.31. The maximum atomic E-state index is 11.6. The summed E-state index contributed by atoms with van der Waals surface area (Å²) in [6.07, 6.45) is 0. The Morgan fingerprint density at radius 3 is 2.25 bits per heavy atom. The smallest absolute Gasteiger partial charge is 0.251 e. The van der Waals surface area contributed by atoms with E-state index in [1.807, 2.05) is 38.1 Å². The lowest BCUT2D eigenvalue weighted by atomic mass is 10.0. The van der Waals surface area contributed by atoms with Crippen molar-refractivity contribution >= 4 is 5.91 Å². The maximum absolute atomic E-state index is 11.6. The number of carbonyl (C=O) groups is 1. The van der Waals surface area contributed by atoms with Crippen molar-refractivity contribution in [3.63, 3.8) is 0 Å². The minimum atomic E-state index is -1.33. The Kier molecular flexibility index (Phi) is 3.70. The van der Waals surface area contributed by atoms with Crippen LogP contribution in [0, 0.1) is 6.92 Å². The molecule has 1 amide bonds. The van der Waals surface area contributed by atoms with Gasteiger partial charge in [0, 0.05) is 0 Å². The first kappa shape index (κ1) is 12.7. The molecular formula is C13H19NO2. The number of benzene rings is 1. The van der Waals surface area contributed by atoms with Gasteiger partial charge in [-0.05, 0) is 33.3 Å². The van der Waals surface area contributed by atoms with E-state index in [0.717, 1.165) is 5.56 Å². The third-order valence-electron chi connectivity index (χ3n) is 2.48. The second kappa shape index (κ2) is 4.66. The Balaban J connectivity index is 2.69. The lowest BCUT2D eigenvalue weighted by Crippen LogP contribution is -2.42. The second-order valence-corrected chi connectivity index (χ2v) is 4.66. The zero-order chi connectivity index (χ0) is 12.3. The number of aryl methyl sites for hydroxylation is 1. The Morgan fingerprint density at radius 1 is 1.31 bits per heavy atom. The third-order valence-corrected chi connectivity index (χ3v) is 2.48. The van der Waals surface area contributed by atoms with Gasteiger partial charge in [-0.3, -0.25) is 4.79 Å². The minimum absolute atomic E-state index is 0.0977. The molecule has 0 bridgehead atoms. The molecule has 0 heterocycles. The highest BCUT2D eigenvalue weighted by Gasteiger charge is 2.25. The molecule has 88 valence electrons. The van der Waals surface area contributed by atoms with Crippen LogP contribution < -0.4 is 5.32 Å². The zero-order valence-corrected chi connectivity index (χ0v) is 10.2. The second-order valence-electron chi connectivity index (χ2n) is 4.66. The van der Waals surface area contributed by atoms with Crippen molar-refractivity contribution < 1.29 is 9.90 Å². The van der Waals surface area contributed by atoms with E-state index >= 15 is 0 Å². The number of carbonyl (C=O) groups excluding carboxylic acids is 1. The Bertz CT molecular complexity index is 363. The summed E-state index contributed by atoms with van der Waals surface area (Å²) < 4.78 is 0. The van der Waals surface area contributed by atoms with Gasteiger partial charge >= 0.3 is 0 Å². The summed E-state index contributed by atoms with van der Waals surface area (Å²) >= 11 is 0. The Morgan fingerprint density at radius 2 is 1.81 bits per heavy atom. The summed E-state index contributed by atoms with van der Waals surface area (Å²) in [5.41, 5.74) is 0.881. The predicted molar refractivity (Wildman–Crippen MR) is 64.0 cm³/mol. The van der Waals surface area contributed by atoms with Gasteiger partial charge in [-0.2, -0.15) is 0 Å². The van der Waals surface area contributed by atoms with E-state index in [0.29, 0.717) is 0 Å². The van der Waals surface area contributed by atoms with Crippen LogP contribution in [-0.4, -0.2) is 16.6 Å². The van der Waals surface area contributed by atoms with Gasteiger partial charge in [0.2, 0.25) is 0 Å². The summed E-state index contributed by atoms with van der Waals surface area (Å²) in [4.78, 5) is 11.6. The molecule has 0 aliphatic rings. The average molecular weight is 221 g/mol. The average Bonchev–Trinajstić information content (AvgIpc) is 2.17. The molecule has 0 spiro atoms. The number of amides is 1. The van der Waals surface area contributed by atoms with Crippen LogP contribution in [0.15, 0.2) is 24.3 Å². The molecule has 1 aromatic carbocycles. The number of nitrogens with one attached hydrogen (secondary N) is 1. The van der Waals surface area contributed by atoms with Crippen LogP contribution in [0.1, 0.15) is 37.9 Å². The number of hydrogen-bond donors (Lipinski definition) is 2. The largest absolute Gasteiger partial charge is 0.381 e. The maximum Gasteiger partial charge on any atom is 0.251 e. The van der Waals surface area contributed by atoms with Crippen LogP contribution in [0.3, 0.4) is 0 Å². The number of rotatable bonds is 3. The fourth-order valence-corrected chi connectivity index (χ4v) is 1.31. The van der Waals surface area contributed by atoms with E-state index in [1.165, 1.54) is 19.4 Å². The van der Waals surface area contributed by atoms with Crippen molar-refractivity contribution in [2.45, 2.75) is 39.3 Å². The first-order chi connectivity index (χ1) is 7.30. The van der Waals surface area contributed by atoms with Gasteiger partial charge in [0.15, 0.2) is 0 Å². The highest BCUT2D eigenvalue weighted by molar-refractivity contribution is 5.84. The van der Waals surface area contributed by atoms with Crippen molar-refractivity contribution in [1.29, 1.82) is 0 Å². The SMILES string of the molecule is Cc1ccc(C(C)NC(=O)C(C)(C)O)cc1. The molecule has 0 aliphatic heterocycles. The van der Waals surface area contributed by atoms with Gasteiger partial charge in [0.25, 0.3) is 5.91 Å². The quantitative estimate of drug-likeness (QED) is 0.819. The van der Waals surface area contributed by atoms with Crippen molar-refractivity contribution in [3.8, 4) is 0 Å². The summed E-state index contributed by atoms with van der Waals surface area (Å²) in [5, 5.41) is 12.3. The van der Waals surface area contributed by atoms with E-state index in [1.54, 1.807) is 0 Å². The van der Waals surface area contributed by atoms with Gasteiger partial charge in [-0.15, -0.1) is 0 Å². The van der Waals surface area contributed by atoms with Gasteiger partial charge in [0.1, 0.15) is 5.60 Å². The lowest BCUT2D eigenvalue weighted by molar-refractivity contribution is -0.137. The predicted octanol–water partition coefficient (Wildman–Crippen LogP) is 1.94. The molecule has 1 rings (SSSR count). The molecule has 2 N–H and O–H groups in total. The molecule has 3 heteroatoms. The van der Waals surface area contributed by atoms with E-state index in [4.69, 9.17) is 0 Å². The number of hydrogen-bond acceptors (Lipinski definition) is 2. The van der Waals surface area contributed by atoms with E-state index in [9.17, 15) is 9.90 Å². The van der Waals surface area contributed by atoms with Crippen molar-refractivity contribution in [3.05, 3.63) is 35.4 Å². The van der Waals surface area contributed by atoms with Crippen LogP contribution in [0.5, 0.6) is 0 Å². The summed E-state index contributed by atoms with van der Waals surface area (Å²) in [7, 11) is 0. The highest BCUT2D eigenvalue weighted by atomic mass is 16.3. The van der Waals surface area contributed by atoms with Crippen molar-refractivity contribution in [2.24, 2.45) is 0 Å². The summed E-state index contributed by atoms with van der Waals surface area (Å²) in [6, 6.07) is 7.86. The molecular weight excluding hydrogens is 202 g/mol. The molecule has 1 unspecified atom stereocenters. The molecule has 0 fully saturated rings. The number of aliphatic hydroxyl groups is 1. The zero-order valence-electron chi connectivity index (χ0n) is 10.2. The molecule has 0 saturated carbocycles. The van der Waals surface area contributed by atoms with E-state index < -0.39 is 5.60 Å². The standard InChI is InChI=1S/C13H19NO2/c1-9-5-7-11(8-6-9)10(2)14-12(15)13(3,4)16/h5-8,10,16H,1-4H3,(H,14,15). The highest BCUT2D eigenvalue weighted by Crippen LogP contribution is 2.14. The van der Waals surface area contributed by atoms with Crippen LogP contribution in [0.25, 0.3) is 0 Å².